The molecule has 2 fully saturated rings. The molecule has 4 rings (SSSR count). The fraction of sp³-hybridized carbons (Fsp3) is 0.655. The van der Waals surface area contributed by atoms with E-state index >= 15 is 0 Å². The number of aryl methyl sites for hydroxylation is 2. The molecule has 2 aromatic rings. The highest BCUT2D eigenvalue weighted by Gasteiger charge is 2.30. The van der Waals surface area contributed by atoms with Gasteiger partial charge in [0.1, 0.15) is 0 Å². The van der Waals surface area contributed by atoms with Crippen molar-refractivity contribution in [1.29, 1.82) is 0 Å². The first-order chi connectivity index (χ1) is 15.1. The molecular formula is C29H40F2. The lowest BCUT2D eigenvalue weighted by atomic mass is 9.68. The van der Waals surface area contributed by atoms with E-state index in [1.54, 1.807) is 6.07 Å². The fourth-order valence-corrected chi connectivity index (χ4v) is 6.52. The lowest BCUT2D eigenvalue weighted by molar-refractivity contribution is 0.141. The highest BCUT2D eigenvalue weighted by Crippen LogP contribution is 2.43. The van der Waals surface area contributed by atoms with Crippen LogP contribution in [0.4, 0.5) is 8.78 Å². The van der Waals surface area contributed by atoms with Crippen LogP contribution in [0.15, 0.2) is 24.3 Å². The van der Waals surface area contributed by atoms with Crippen molar-refractivity contribution in [2.45, 2.75) is 97.3 Å². The van der Waals surface area contributed by atoms with Crippen molar-refractivity contribution in [3.8, 4) is 0 Å². The Kier molecular flexibility index (Phi) is 7.67. The van der Waals surface area contributed by atoms with Gasteiger partial charge in [-0.05, 0) is 97.3 Å². The van der Waals surface area contributed by atoms with Crippen molar-refractivity contribution in [2.24, 2.45) is 23.7 Å². The largest absolute Gasteiger partial charge is 0.203 e. The average molecular weight is 427 g/mol. The van der Waals surface area contributed by atoms with Crippen LogP contribution in [0.3, 0.4) is 0 Å². The standard InChI is InChI=1S/C29H40F2/c1-3-5-20-8-13-24(14-9-20)25-15-10-21(11-16-25)6-7-22-12-17-26-19-23(4-2)28(30)29(31)27(26)18-22/h12,17-21,24-25H,3-11,13-16H2,1-2H3. The Morgan fingerprint density at radius 2 is 1.35 bits per heavy atom. The van der Waals surface area contributed by atoms with Crippen LogP contribution >= 0.6 is 0 Å². The highest BCUT2D eigenvalue weighted by molar-refractivity contribution is 5.84. The van der Waals surface area contributed by atoms with Crippen LogP contribution in [-0.4, -0.2) is 0 Å². The molecule has 2 aliphatic rings. The Morgan fingerprint density at radius 1 is 0.742 bits per heavy atom. The van der Waals surface area contributed by atoms with Crippen LogP contribution in [-0.2, 0) is 12.8 Å². The second-order valence-corrected chi connectivity index (χ2v) is 10.5. The summed E-state index contributed by atoms with van der Waals surface area (Å²) in [6.07, 6.45) is 16.9. The number of hydrogen-bond donors (Lipinski definition) is 0. The van der Waals surface area contributed by atoms with Crippen molar-refractivity contribution < 1.29 is 8.78 Å². The van der Waals surface area contributed by atoms with Crippen LogP contribution in [0.2, 0.25) is 0 Å². The summed E-state index contributed by atoms with van der Waals surface area (Å²) in [6.45, 7) is 4.19. The van der Waals surface area contributed by atoms with Crippen LogP contribution < -0.4 is 0 Å². The van der Waals surface area contributed by atoms with E-state index in [2.05, 4.69) is 13.0 Å². The van der Waals surface area contributed by atoms with Gasteiger partial charge < -0.3 is 0 Å². The molecule has 0 N–H and O–H groups in total. The topological polar surface area (TPSA) is 0 Å². The molecule has 31 heavy (non-hydrogen) atoms. The van der Waals surface area contributed by atoms with Crippen LogP contribution in [0.1, 0.15) is 95.6 Å². The summed E-state index contributed by atoms with van der Waals surface area (Å²) in [7, 11) is 0. The van der Waals surface area contributed by atoms with Gasteiger partial charge in [0.2, 0.25) is 0 Å². The van der Waals surface area contributed by atoms with Gasteiger partial charge in [-0.15, -0.1) is 0 Å². The van der Waals surface area contributed by atoms with E-state index in [4.69, 9.17) is 0 Å². The quantitative estimate of drug-likeness (QED) is 0.414. The third kappa shape index (κ3) is 5.32. The van der Waals surface area contributed by atoms with E-state index in [0.717, 1.165) is 41.0 Å². The zero-order valence-electron chi connectivity index (χ0n) is 19.6. The summed E-state index contributed by atoms with van der Waals surface area (Å²) in [6, 6.07) is 7.76. The van der Waals surface area contributed by atoms with Crippen molar-refractivity contribution in [3.63, 3.8) is 0 Å². The predicted molar refractivity (Wildman–Crippen MR) is 127 cm³/mol. The zero-order valence-corrected chi connectivity index (χ0v) is 19.6. The van der Waals surface area contributed by atoms with E-state index in [-0.39, 0.29) is 0 Å². The van der Waals surface area contributed by atoms with Crippen LogP contribution in [0, 0.1) is 35.3 Å². The van der Waals surface area contributed by atoms with Gasteiger partial charge in [-0.25, -0.2) is 8.78 Å². The van der Waals surface area contributed by atoms with Gasteiger partial charge in [0.05, 0.1) is 0 Å². The molecule has 2 saturated carbocycles. The van der Waals surface area contributed by atoms with Crippen molar-refractivity contribution in [2.75, 3.05) is 0 Å². The smallest absolute Gasteiger partial charge is 0.166 e. The second kappa shape index (κ2) is 10.5. The minimum Gasteiger partial charge on any atom is -0.203 e. The first kappa shape index (κ1) is 22.7. The molecule has 2 heteroatoms. The lowest BCUT2D eigenvalue weighted by Gasteiger charge is -2.38. The minimum atomic E-state index is -0.676. The summed E-state index contributed by atoms with van der Waals surface area (Å²) in [5.74, 6) is 2.41. The lowest BCUT2D eigenvalue weighted by Crippen LogP contribution is -2.26. The Morgan fingerprint density at radius 3 is 1.94 bits per heavy atom. The highest BCUT2D eigenvalue weighted by atomic mass is 19.2. The van der Waals surface area contributed by atoms with Crippen molar-refractivity contribution in [1.82, 2.24) is 0 Å². The van der Waals surface area contributed by atoms with Crippen molar-refractivity contribution in [3.05, 3.63) is 47.0 Å². The molecule has 0 saturated heterocycles. The van der Waals surface area contributed by atoms with Crippen molar-refractivity contribution >= 4 is 10.8 Å². The van der Waals surface area contributed by atoms with Gasteiger partial charge in [0.15, 0.2) is 11.6 Å². The Labute approximate surface area is 187 Å². The van der Waals surface area contributed by atoms with E-state index in [9.17, 15) is 8.78 Å². The van der Waals surface area contributed by atoms with E-state index in [1.807, 2.05) is 19.1 Å². The summed E-state index contributed by atoms with van der Waals surface area (Å²) >= 11 is 0. The molecule has 2 aliphatic carbocycles. The minimum absolute atomic E-state index is 0.439. The number of benzene rings is 2. The monoisotopic (exact) mass is 426 g/mol. The molecule has 2 aromatic carbocycles. The molecule has 0 heterocycles. The molecule has 0 atom stereocenters. The molecule has 0 unspecified atom stereocenters. The predicted octanol–water partition coefficient (Wildman–Crippen LogP) is 9.03. The normalized spacial score (nSPS) is 27.0. The maximum absolute atomic E-state index is 14.5. The first-order valence-electron chi connectivity index (χ1n) is 13.0. The van der Waals surface area contributed by atoms with Gasteiger partial charge in [-0.2, -0.15) is 0 Å². The third-order valence-electron chi connectivity index (χ3n) is 8.53. The number of hydrogen-bond acceptors (Lipinski definition) is 0. The second-order valence-electron chi connectivity index (χ2n) is 10.5. The molecule has 0 aliphatic heterocycles. The number of rotatable bonds is 7. The van der Waals surface area contributed by atoms with Crippen LogP contribution in [0.25, 0.3) is 10.8 Å². The van der Waals surface area contributed by atoms with E-state index in [0.29, 0.717) is 17.4 Å². The summed E-state index contributed by atoms with van der Waals surface area (Å²) in [5.41, 5.74) is 1.61. The molecular weight excluding hydrogens is 386 g/mol. The molecule has 0 spiro atoms. The van der Waals surface area contributed by atoms with Gasteiger partial charge in [-0.1, -0.05) is 64.5 Å². The third-order valence-corrected chi connectivity index (χ3v) is 8.53. The van der Waals surface area contributed by atoms with E-state index < -0.39 is 11.6 Å². The van der Waals surface area contributed by atoms with Gasteiger partial charge in [0.25, 0.3) is 0 Å². The number of halogens is 2. The maximum atomic E-state index is 14.5. The number of fused-ring (bicyclic) bond motifs is 1. The fourth-order valence-electron chi connectivity index (χ4n) is 6.52. The molecule has 0 bridgehead atoms. The summed E-state index contributed by atoms with van der Waals surface area (Å²) in [4.78, 5) is 0. The molecule has 0 nitrogen and oxygen atoms in total. The Hall–Kier alpha value is -1.44. The summed E-state index contributed by atoms with van der Waals surface area (Å²) in [5, 5.41) is 1.25. The Balaban J connectivity index is 1.28. The zero-order chi connectivity index (χ0) is 21.8. The first-order valence-corrected chi connectivity index (χ1v) is 13.0. The van der Waals surface area contributed by atoms with E-state index in [1.165, 1.54) is 70.6 Å². The Bertz CT molecular complexity index is 855. The summed E-state index contributed by atoms with van der Waals surface area (Å²) < 4.78 is 28.7. The molecule has 170 valence electrons. The van der Waals surface area contributed by atoms with Gasteiger partial charge >= 0.3 is 0 Å². The average Bonchev–Trinajstić information content (AvgIpc) is 2.81. The maximum Gasteiger partial charge on any atom is 0.166 e. The van der Waals surface area contributed by atoms with Gasteiger partial charge in [-0.3, -0.25) is 0 Å². The SMILES string of the molecule is CCCC1CCC(C2CCC(CCc3ccc4cc(CC)c(F)c(F)c4c3)CC2)CC1. The van der Waals surface area contributed by atoms with Gasteiger partial charge in [0, 0.05) is 5.39 Å². The molecule has 0 amide bonds. The van der Waals surface area contributed by atoms with Crippen LogP contribution in [0.5, 0.6) is 0 Å². The molecule has 0 radical (unpaired) electrons. The molecule has 0 aromatic heterocycles.